The lowest BCUT2D eigenvalue weighted by atomic mass is 9.89. The number of rotatable bonds is 3. The lowest BCUT2D eigenvalue weighted by Crippen LogP contribution is -2.33. The highest BCUT2D eigenvalue weighted by atomic mass is 16.3. The average Bonchev–Trinajstić information content (AvgIpc) is 2.56. The fourth-order valence-electron chi connectivity index (χ4n) is 2.84. The highest BCUT2D eigenvalue weighted by Gasteiger charge is 2.22. The maximum Gasteiger partial charge on any atom is 0.267 e. The molecule has 0 atom stereocenters. The molecule has 1 aromatic heterocycles. The largest absolute Gasteiger partial charge is 0.508 e. The molecule has 0 aliphatic carbocycles. The van der Waals surface area contributed by atoms with Crippen molar-refractivity contribution >= 4 is 11.7 Å². The molecule has 1 amide bonds. The summed E-state index contributed by atoms with van der Waals surface area (Å²) in [4.78, 5) is 21.4. The fraction of sp³-hybridized carbons (Fsp3) is 0.312. The summed E-state index contributed by atoms with van der Waals surface area (Å²) in [6, 6.07) is 9.05. The summed E-state index contributed by atoms with van der Waals surface area (Å²) in [5.41, 5.74) is 6.74. The van der Waals surface area contributed by atoms with Crippen LogP contribution >= 0.6 is 0 Å². The Morgan fingerprint density at radius 1 is 1.18 bits per heavy atom. The van der Waals surface area contributed by atoms with Crippen molar-refractivity contribution in [2.45, 2.75) is 18.8 Å². The Labute approximate surface area is 128 Å². The van der Waals surface area contributed by atoms with Gasteiger partial charge in [0, 0.05) is 19.2 Å². The number of amides is 1. The van der Waals surface area contributed by atoms with Crippen molar-refractivity contribution in [3.8, 4) is 5.75 Å². The second kappa shape index (κ2) is 6.01. The van der Waals surface area contributed by atoms with E-state index in [1.807, 2.05) is 12.1 Å². The molecule has 3 N–H and O–H groups in total. The topological polar surface area (TPSA) is 92.3 Å². The average molecular weight is 298 g/mol. The second-order valence-electron chi connectivity index (χ2n) is 5.48. The van der Waals surface area contributed by atoms with Crippen LogP contribution in [-0.4, -0.2) is 34.1 Å². The molecule has 0 radical (unpaired) electrons. The molecule has 0 spiro atoms. The minimum Gasteiger partial charge on any atom is -0.508 e. The number of hydrogen-bond acceptors (Lipinski definition) is 5. The second-order valence-corrected chi connectivity index (χ2v) is 5.48. The fourth-order valence-corrected chi connectivity index (χ4v) is 2.84. The van der Waals surface area contributed by atoms with E-state index >= 15 is 0 Å². The monoisotopic (exact) mass is 298 g/mol. The van der Waals surface area contributed by atoms with Gasteiger partial charge in [-0.2, -0.15) is 0 Å². The summed E-state index contributed by atoms with van der Waals surface area (Å²) in [6.45, 7) is 1.72. The molecule has 3 rings (SSSR count). The number of piperidine rings is 1. The Bertz CT molecular complexity index is 664. The summed E-state index contributed by atoms with van der Waals surface area (Å²) in [7, 11) is 0. The maximum atomic E-state index is 11.2. The van der Waals surface area contributed by atoms with Crippen LogP contribution in [0.25, 0.3) is 0 Å². The van der Waals surface area contributed by atoms with Gasteiger partial charge in [0.15, 0.2) is 0 Å². The lowest BCUT2D eigenvalue weighted by molar-refractivity contribution is 0.0995. The van der Waals surface area contributed by atoms with Crippen molar-refractivity contribution in [3.63, 3.8) is 0 Å². The SMILES string of the molecule is NC(=O)c1cc(N2CCC(c3ccc(O)cc3)CC2)ncn1. The zero-order valence-electron chi connectivity index (χ0n) is 12.1. The van der Waals surface area contributed by atoms with Crippen molar-refractivity contribution in [2.75, 3.05) is 18.0 Å². The van der Waals surface area contributed by atoms with Crippen molar-refractivity contribution in [3.05, 3.63) is 47.9 Å². The Kier molecular flexibility index (Phi) is 3.91. The van der Waals surface area contributed by atoms with Gasteiger partial charge in [-0.1, -0.05) is 12.1 Å². The molecule has 1 aromatic carbocycles. The van der Waals surface area contributed by atoms with Crippen LogP contribution in [0.1, 0.15) is 34.8 Å². The summed E-state index contributed by atoms with van der Waals surface area (Å²) in [5, 5.41) is 9.36. The molecule has 0 saturated carbocycles. The first-order valence-electron chi connectivity index (χ1n) is 7.29. The van der Waals surface area contributed by atoms with Crippen LogP contribution in [0.2, 0.25) is 0 Å². The van der Waals surface area contributed by atoms with Crippen LogP contribution in [0.3, 0.4) is 0 Å². The Morgan fingerprint density at radius 3 is 2.50 bits per heavy atom. The van der Waals surface area contributed by atoms with E-state index in [9.17, 15) is 9.90 Å². The van der Waals surface area contributed by atoms with Gasteiger partial charge in [-0.3, -0.25) is 4.79 Å². The molecule has 1 aliphatic heterocycles. The molecule has 1 saturated heterocycles. The van der Waals surface area contributed by atoms with Gasteiger partial charge >= 0.3 is 0 Å². The van der Waals surface area contributed by atoms with Gasteiger partial charge in [0.1, 0.15) is 23.6 Å². The number of carbonyl (C=O) groups excluding carboxylic acids is 1. The Balaban J connectivity index is 1.67. The van der Waals surface area contributed by atoms with Gasteiger partial charge in [-0.15, -0.1) is 0 Å². The minimum atomic E-state index is -0.539. The van der Waals surface area contributed by atoms with Gasteiger partial charge in [-0.05, 0) is 36.5 Å². The van der Waals surface area contributed by atoms with Crippen LogP contribution in [0, 0.1) is 0 Å². The number of nitrogens with two attached hydrogens (primary N) is 1. The zero-order valence-corrected chi connectivity index (χ0v) is 12.1. The summed E-state index contributed by atoms with van der Waals surface area (Å²) in [5.74, 6) is 0.978. The van der Waals surface area contributed by atoms with E-state index in [0.29, 0.717) is 11.7 Å². The Morgan fingerprint density at radius 2 is 1.86 bits per heavy atom. The third-order valence-electron chi connectivity index (χ3n) is 4.09. The molecule has 6 heteroatoms. The predicted octanol–water partition coefficient (Wildman–Crippen LogP) is 1.67. The predicted molar refractivity (Wildman–Crippen MR) is 82.8 cm³/mol. The van der Waals surface area contributed by atoms with Crippen LogP contribution < -0.4 is 10.6 Å². The lowest BCUT2D eigenvalue weighted by Gasteiger charge is -2.33. The normalized spacial score (nSPS) is 15.7. The standard InChI is InChI=1S/C16H18N4O2/c17-16(22)14-9-15(19-10-18-14)20-7-5-12(6-8-20)11-1-3-13(21)4-2-11/h1-4,9-10,12,21H,5-8H2,(H2,17,22). The maximum absolute atomic E-state index is 11.2. The van der Waals surface area contributed by atoms with Gasteiger partial charge < -0.3 is 15.7 Å². The first kappa shape index (κ1) is 14.3. The van der Waals surface area contributed by atoms with Gasteiger partial charge in [0.05, 0.1) is 0 Å². The molecular weight excluding hydrogens is 280 g/mol. The first-order valence-corrected chi connectivity index (χ1v) is 7.29. The van der Waals surface area contributed by atoms with Crippen LogP contribution in [-0.2, 0) is 0 Å². The molecule has 0 unspecified atom stereocenters. The molecule has 1 aliphatic rings. The smallest absolute Gasteiger partial charge is 0.267 e. The van der Waals surface area contributed by atoms with Gasteiger partial charge in [0.2, 0.25) is 0 Å². The molecule has 0 bridgehead atoms. The van der Waals surface area contributed by atoms with E-state index in [2.05, 4.69) is 14.9 Å². The minimum absolute atomic E-state index is 0.241. The number of carbonyl (C=O) groups is 1. The number of anilines is 1. The number of phenolic OH excluding ortho intramolecular Hbond substituents is 1. The zero-order chi connectivity index (χ0) is 15.5. The van der Waals surface area contributed by atoms with Crippen molar-refractivity contribution in [1.82, 2.24) is 9.97 Å². The van der Waals surface area contributed by atoms with Crippen LogP contribution in [0.5, 0.6) is 5.75 Å². The van der Waals surface area contributed by atoms with Gasteiger partial charge in [0.25, 0.3) is 5.91 Å². The molecule has 6 nitrogen and oxygen atoms in total. The molecule has 22 heavy (non-hydrogen) atoms. The summed E-state index contributed by atoms with van der Waals surface area (Å²) < 4.78 is 0. The first-order chi connectivity index (χ1) is 10.6. The molecule has 114 valence electrons. The molecule has 2 heterocycles. The third kappa shape index (κ3) is 3.00. The van der Waals surface area contributed by atoms with Crippen molar-refractivity contribution in [2.24, 2.45) is 5.73 Å². The molecule has 2 aromatic rings. The van der Waals surface area contributed by atoms with Gasteiger partial charge in [-0.25, -0.2) is 9.97 Å². The van der Waals surface area contributed by atoms with E-state index in [1.54, 1.807) is 18.2 Å². The van der Waals surface area contributed by atoms with Crippen molar-refractivity contribution in [1.29, 1.82) is 0 Å². The summed E-state index contributed by atoms with van der Waals surface area (Å²) >= 11 is 0. The number of primary amides is 1. The van der Waals surface area contributed by atoms with Crippen molar-refractivity contribution < 1.29 is 9.90 Å². The third-order valence-corrected chi connectivity index (χ3v) is 4.09. The Hall–Kier alpha value is -2.63. The highest BCUT2D eigenvalue weighted by molar-refractivity contribution is 5.91. The quantitative estimate of drug-likeness (QED) is 0.899. The van der Waals surface area contributed by atoms with E-state index in [1.165, 1.54) is 11.9 Å². The summed E-state index contributed by atoms with van der Waals surface area (Å²) in [6.07, 6.45) is 3.38. The number of aromatic nitrogens is 2. The van der Waals surface area contributed by atoms with E-state index in [4.69, 9.17) is 5.73 Å². The highest BCUT2D eigenvalue weighted by Crippen LogP contribution is 2.30. The molecular formula is C16H18N4O2. The van der Waals surface area contributed by atoms with E-state index in [-0.39, 0.29) is 5.69 Å². The molecule has 1 fully saturated rings. The number of hydrogen-bond donors (Lipinski definition) is 2. The van der Waals surface area contributed by atoms with Crippen LogP contribution in [0.4, 0.5) is 5.82 Å². The van der Waals surface area contributed by atoms with Crippen LogP contribution in [0.15, 0.2) is 36.7 Å². The van der Waals surface area contributed by atoms with E-state index in [0.717, 1.165) is 31.7 Å². The number of benzene rings is 1. The van der Waals surface area contributed by atoms with E-state index < -0.39 is 5.91 Å². The number of phenols is 1. The number of aromatic hydroxyl groups is 1. The number of nitrogens with zero attached hydrogens (tertiary/aromatic N) is 3.